The van der Waals surface area contributed by atoms with E-state index in [4.69, 9.17) is 0 Å². The van der Waals surface area contributed by atoms with E-state index in [1.54, 1.807) is 4.68 Å². The van der Waals surface area contributed by atoms with Gasteiger partial charge in [-0.3, -0.25) is 4.68 Å². The van der Waals surface area contributed by atoms with Crippen LogP contribution in [0, 0.1) is 5.92 Å². The minimum atomic E-state index is -0.256. The van der Waals surface area contributed by atoms with Gasteiger partial charge in [-0.15, -0.1) is 12.4 Å². The lowest BCUT2D eigenvalue weighted by molar-refractivity contribution is 0.146. The van der Waals surface area contributed by atoms with Gasteiger partial charge in [-0.2, -0.15) is 5.10 Å². The van der Waals surface area contributed by atoms with Gasteiger partial charge in [0, 0.05) is 26.3 Å². The largest absolute Gasteiger partial charge is 0.392 e. The van der Waals surface area contributed by atoms with Crippen molar-refractivity contribution in [2.45, 2.75) is 32.9 Å². The lowest BCUT2D eigenvalue weighted by Crippen LogP contribution is -2.27. The van der Waals surface area contributed by atoms with Gasteiger partial charge in [0.1, 0.15) is 0 Å². The third kappa shape index (κ3) is 6.10. The van der Waals surface area contributed by atoms with Gasteiger partial charge in [0.25, 0.3) is 0 Å². The summed E-state index contributed by atoms with van der Waals surface area (Å²) < 4.78 is 1.78. The van der Waals surface area contributed by atoms with E-state index in [-0.39, 0.29) is 18.5 Å². The molecule has 0 aliphatic heterocycles. The van der Waals surface area contributed by atoms with Crippen molar-refractivity contribution in [3.05, 3.63) is 18.0 Å². The Balaban J connectivity index is 0.00000225. The molecule has 1 rings (SSSR count). The molecule has 0 saturated carbocycles. The summed E-state index contributed by atoms with van der Waals surface area (Å²) in [7, 11) is 1.90. The quantitative estimate of drug-likeness (QED) is 0.798. The summed E-state index contributed by atoms with van der Waals surface area (Å²) in [5.41, 5.74) is 1.01. The first-order valence-electron chi connectivity index (χ1n) is 5.45. The van der Waals surface area contributed by atoms with Crippen molar-refractivity contribution in [2.24, 2.45) is 13.0 Å². The van der Waals surface area contributed by atoms with E-state index in [0.717, 1.165) is 18.7 Å². The Morgan fingerprint density at radius 2 is 2.19 bits per heavy atom. The first-order chi connectivity index (χ1) is 7.08. The molecule has 5 heteroatoms. The van der Waals surface area contributed by atoms with Crippen molar-refractivity contribution in [3.63, 3.8) is 0 Å². The molecule has 94 valence electrons. The standard InChI is InChI=1S/C11H21N3O.ClH/c1-9(2)6-11(15)8-12-7-10-4-5-14(3)13-10;/h4-5,9,11-12,15H,6-8H2,1-3H3;1H. The number of hydrogen-bond acceptors (Lipinski definition) is 3. The summed E-state index contributed by atoms with van der Waals surface area (Å²) in [6.45, 7) is 5.58. The number of aryl methyl sites for hydroxylation is 1. The van der Waals surface area contributed by atoms with Crippen molar-refractivity contribution in [3.8, 4) is 0 Å². The number of aliphatic hydroxyl groups excluding tert-OH is 1. The third-order valence-electron chi connectivity index (χ3n) is 2.20. The average Bonchev–Trinajstić information content (AvgIpc) is 2.50. The predicted molar refractivity (Wildman–Crippen MR) is 67.6 cm³/mol. The van der Waals surface area contributed by atoms with E-state index in [9.17, 15) is 5.11 Å². The van der Waals surface area contributed by atoms with Gasteiger partial charge in [0.15, 0.2) is 0 Å². The van der Waals surface area contributed by atoms with Gasteiger partial charge in [-0.1, -0.05) is 13.8 Å². The Morgan fingerprint density at radius 1 is 1.50 bits per heavy atom. The molecular formula is C11H22ClN3O. The summed E-state index contributed by atoms with van der Waals surface area (Å²) in [6.07, 6.45) is 2.50. The van der Waals surface area contributed by atoms with Gasteiger partial charge >= 0.3 is 0 Å². The molecule has 4 nitrogen and oxygen atoms in total. The highest BCUT2D eigenvalue weighted by atomic mass is 35.5. The Labute approximate surface area is 103 Å². The molecule has 0 aromatic carbocycles. The van der Waals surface area contributed by atoms with Crippen molar-refractivity contribution in [1.82, 2.24) is 15.1 Å². The molecule has 0 saturated heterocycles. The van der Waals surface area contributed by atoms with E-state index in [2.05, 4.69) is 24.3 Å². The minimum Gasteiger partial charge on any atom is -0.392 e. The van der Waals surface area contributed by atoms with Crippen LogP contribution in [0.25, 0.3) is 0 Å². The molecule has 2 N–H and O–H groups in total. The maximum atomic E-state index is 9.61. The second-order valence-corrected chi connectivity index (χ2v) is 4.40. The summed E-state index contributed by atoms with van der Waals surface area (Å²) in [6, 6.07) is 1.97. The van der Waals surface area contributed by atoms with Crippen LogP contribution in [-0.4, -0.2) is 27.5 Å². The molecule has 16 heavy (non-hydrogen) atoms. The van der Waals surface area contributed by atoms with Crippen molar-refractivity contribution in [1.29, 1.82) is 0 Å². The molecule has 0 fully saturated rings. The number of rotatable bonds is 6. The number of nitrogens with zero attached hydrogens (tertiary/aromatic N) is 2. The Bertz CT molecular complexity index is 289. The highest BCUT2D eigenvalue weighted by molar-refractivity contribution is 5.85. The number of aliphatic hydroxyl groups is 1. The average molecular weight is 248 g/mol. The van der Waals surface area contributed by atoms with Crippen LogP contribution >= 0.6 is 12.4 Å². The summed E-state index contributed by atoms with van der Waals surface area (Å²) >= 11 is 0. The monoisotopic (exact) mass is 247 g/mol. The summed E-state index contributed by atoms with van der Waals surface area (Å²) in [5.74, 6) is 0.539. The fraction of sp³-hybridized carbons (Fsp3) is 0.727. The normalized spacial score (nSPS) is 12.6. The highest BCUT2D eigenvalue weighted by Gasteiger charge is 2.06. The van der Waals surface area contributed by atoms with Crippen LogP contribution in [0.3, 0.4) is 0 Å². The van der Waals surface area contributed by atoms with E-state index < -0.39 is 0 Å². The molecule has 0 radical (unpaired) electrons. The molecule has 0 aliphatic rings. The van der Waals surface area contributed by atoms with E-state index in [1.807, 2.05) is 19.3 Å². The van der Waals surface area contributed by atoms with Gasteiger partial charge in [0.2, 0.25) is 0 Å². The smallest absolute Gasteiger partial charge is 0.0762 e. The van der Waals surface area contributed by atoms with Gasteiger partial charge in [0.05, 0.1) is 11.8 Å². The number of nitrogens with one attached hydrogen (secondary N) is 1. The highest BCUT2D eigenvalue weighted by Crippen LogP contribution is 2.03. The Hall–Kier alpha value is -0.580. The molecule has 0 bridgehead atoms. The van der Waals surface area contributed by atoms with Crippen molar-refractivity contribution in [2.75, 3.05) is 6.54 Å². The van der Waals surface area contributed by atoms with E-state index in [1.165, 1.54) is 0 Å². The van der Waals surface area contributed by atoms with Crippen LogP contribution in [0.2, 0.25) is 0 Å². The number of hydrogen-bond donors (Lipinski definition) is 2. The van der Waals surface area contributed by atoms with Crippen molar-refractivity contribution < 1.29 is 5.11 Å². The Morgan fingerprint density at radius 3 is 2.69 bits per heavy atom. The second-order valence-electron chi connectivity index (χ2n) is 4.40. The van der Waals surface area contributed by atoms with Crippen LogP contribution in [0.4, 0.5) is 0 Å². The number of aromatic nitrogens is 2. The van der Waals surface area contributed by atoms with E-state index >= 15 is 0 Å². The first kappa shape index (κ1) is 15.4. The molecule has 1 unspecified atom stereocenters. The lowest BCUT2D eigenvalue weighted by Gasteiger charge is -2.13. The zero-order valence-corrected chi connectivity index (χ0v) is 11.0. The van der Waals surface area contributed by atoms with Gasteiger partial charge in [-0.25, -0.2) is 0 Å². The maximum Gasteiger partial charge on any atom is 0.0762 e. The van der Waals surface area contributed by atoms with Crippen LogP contribution in [-0.2, 0) is 13.6 Å². The van der Waals surface area contributed by atoms with Crippen LogP contribution in [0.5, 0.6) is 0 Å². The van der Waals surface area contributed by atoms with Crippen LogP contribution in [0.1, 0.15) is 26.0 Å². The predicted octanol–water partition coefficient (Wildman–Crippen LogP) is 1.34. The molecule has 1 heterocycles. The van der Waals surface area contributed by atoms with Crippen molar-refractivity contribution >= 4 is 12.4 Å². The molecule has 1 aromatic heterocycles. The lowest BCUT2D eigenvalue weighted by atomic mass is 10.1. The second kappa shape index (κ2) is 7.65. The SMILES string of the molecule is CC(C)CC(O)CNCc1ccn(C)n1.Cl. The third-order valence-corrected chi connectivity index (χ3v) is 2.20. The summed E-state index contributed by atoms with van der Waals surface area (Å²) in [5, 5.41) is 17.0. The zero-order valence-electron chi connectivity index (χ0n) is 10.2. The fourth-order valence-electron chi connectivity index (χ4n) is 1.55. The topological polar surface area (TPSA) is 50.1 Å². The van der Waals surface area contributed by atoms with Crippen LogP contribution < -0.4 is 5.32 Å². The van der Waals surface area contributed by atoms with Crippen LogP contribution in [0.15, 0.2) is 12.3 Å². The molecule has 0 amide bonds. The minimum absolute atomic E-state index is 0. The fourth-order valence-corrected chi connectivity index (χ4v) is 1.55. The van der Waals surface area contributed by atoms with E-state index in [0.29, 0.717) is 12.5 Å². The van der Waals surface area contributed by atoms with Gasteiger partial charge < -0.3 is 10.4 Å². The Kier molecular flexibility index (Phi) is 7.38. The molecular weight excluding hydrogens is 226 g/mol. The first-order valence-corrected chi connectivity index (χ1v) is 5.45. The summed E-state index contributed by atoms with van der Waals surface area (Å²) in [4.78, 5) is 0. The zero-order chi connectivity index (χ0) is 11.3. The molecule has 0 spiro atoms. The molecule has 1 atom stereocenters. The molecule has 1 aromatic rings. The maximum absolute atomic E-state index is 9.61. The van der Waals surface area contributed by atoms with Gasteiger partial charge in [-0.05, 0) is 18.4 Å². The number of halogens is 1. The molecule has 0 aliphatic carbocycles.